The molecular formula is C22H31N5O. The van der Waals surface area contributed by atoms with Gasteiger partial charge in [0.1, 0.15) is 5.69 Å². The van der Waals surface area contributed by atoms with Crippen molar-refractivity contribution in [3.05, 3.63) is 53.9 Å². The summed E-state index contributed by atoms with van der Waals surface area (Å²) in [5.74, 6) is -0.0981. The first-order chi connectivity index (χ1) is 13.5. The molecule has 1 amide bonds. The predicted molar refractivity (Wildman–Crippen MR) is 115 cm³/mol. The van der Waals surface area contributed by atoms with Crippen molar-refractivity contribution < 1.29 is 4.79 Å². The second kappa shape index (κ2) is 9.55. The number of amides is 1. The van der Waals surface area contributed by atoms with Crippen molar-refractivity contribution >= 4 is 17.3 Å². The number of rotatable bonds is 7. The van der Waals surface area contributed by atoms with Gasteiger partial charge in [0.25, 0.3) is 5.91 Å². The summed E-state index contributed by atoms with van der Waals surface area (Å²) in [4.78, 5) is 23.5. The molecule has 2 heterocycles. The number of hydrogen-bond donors (Lipinski definition) is 1. The standard InChI is InChI=1S/C22H31N5O/c1-18-6-4-7-19(16-18)26-12-14-27(15-13-26)20-8-10-23-21(17-20)22(28)24-9-5-11-25(2)3/h4,6-8,10,16-17H,5,9,11-15H2,1-3H3,(H,24,28). The van der Waals surface area contributed by atoms with Crippen molar-refractivity contribution in [3.8, 4) is 0 Å². The maximum Gasteiger partial charge on any atom is 0.269 e. The van der Waals surface area contributed by atoms with E-state index in [0.717, 1.165) is 44.8 Å². The molecule has 0 saturated carbocycles. The molecule has 6 heteroatoms. The molecule has 1 N–H and O–H groups in total. The summed E-state index contributed by atoms with van der Waals surface area (Å²) < 4.78 is 0. The molecule has 1 saturated heterocycles. The van der Waals surface area contributed by atoms with Gasteiger partial charge in [-0.1, -0.05) is 12.1 Å². The first kappa shape index (κ1) is 20.1. The van der Waals surface area contributed by atoms with Crippen molar-refractivity contribution in [1.29, 1.82) is 0 Å². The van der Waals surface area contributed by atoms with E-state index in [1.54, 1.807) is 6.20 Å². The van der Waals surface area contributed by atoms with Crippen LogP contribution in [0.1, 0.15) is 22.5 Å². The molecule has 3 rings (SSSR count). The van der Waals surface area contributed by atoms with Crippen LogP contribution in [0.3, 0.4) is 0 Å². The lowest BCUT2D eigenvalue weighted by molar-refractivity contribution is 0.0947. The van der Waals surface area contributed by atoms with E-state index < -0.39 is 0 Å². The summed E-state index contributed by atoms with van der Waals surface area (Å²) in [5, 5.41) is 2.96. The Labute approximate surface area is 168 Å². The Bertz CT molecular complexity index is 784. The van der Waals surface area contributed by atoms with E-state index in [-0.39, 0.29) is 5.91 Å². The zero-order chi connectivity index (χ0) is 19.9. The Morgan fingerprint density at radius 1 is 1.07 bits per heavy atom. The van der Waals surface area contributed by atoms with Crippen molar-refractivity contribution in [2.75, 3.05) is 63.2 Å². The number of aryl methyl sites for hydroxylation is 1. The minimum Gasteiger partial charge on any atom is -0.368 e. The molecular weight excluding hydrogens is 350 g/mol. The number of carbonyl (C=O) groups is 1. The Balaban J connectivity index is 1.55. The van der Waals surface area contributed by atoms with E-state index >= 15 is 0 Å². The second-order valence-corrected chi connectivity index (χ2v) is 7.63. The summed E-state index contributed by atoms with van der Waals surface area (Å²) in [6.45, 7) is 7.56. The third-order valence-electron chi connectivity index (χ3n) is 5.06. The molecule has 1 aliphatic rings. The molecule has 1 aromatic carbocycles. The van der Waals surface area contributed by atoms with Gasteiger partial charge in [-0.2, -0.15) is 0 Å². The van der Waals surface area contributed by atoms with Gasteiger partial charge in [-0.25, -0.2) is 0 Å². The summed E-state index contributed by atoms with van der Waals surface area (Å²) in [6, 6.07) is 12.6. The number of nitrogens with one attached hydrogen (secondary N) is 1. The Hall–Kier alpha value is -2.60. The lowest BCUT2D eigenvalue weighted by atomic mass is 10.2. The van der Waals surface area contributed by atoms with Gasteiger partial charge in [0, 0.05) is 50.3 Å². The first-order valence-corrected chi connectivity index (χ1v) is 9.98. The van der Waals surface area contributed by atoms with Gasteiger partial charge in [-0.05, 0) is 63.8 Å². The average molecular weight is 382 g/mol. The zero-order valence-corrected chi connectivity index (χ0v) is 17.2. The highest BCUT2D eigenvalue weighted by Gasteiger charge is 2.19. The topological polar surface area (TPSA) is 51.7 Å². The van der Waals surface area contributed by atoms with Crippen LogP contribution in [0.2, 0.25) is 0 Å². The van der Waals surface area contributed by atoms with Gasteiger partial charge < -0.3 is 20.0 Å². The number of aromatic nitrogens is 1. The largest absolute Gasteiger partial charge is 0.368 e. The lowest BCUT2D eigenvalue weighted by Crippen LogP contribution is -2.46. The SMILES string of the molecule is Cc1cccc(N2CCN(c3ccnc(C(=O)NCCCN(C)C)c3)CC2)c1. The molecule has 0 aliphatic carbocycles. The first-order valence-electron chi connectivity index (χ1n) is 9.98. The third kappa shape index (κ3) is 5.45. The molecule has 1 aliphatic heterocycles. The van der Waals surface area contributed by atoms with Crippen LogP contribution in [-0.4, -0.2) is 69.2 Å². The van der Waals surface area contributed by atoms with Crippen LogP contribution < -0.4 is 15.1 Å². The fourth-order valence-electron chi connectivity index (χ4n) is 3.48. The van der Waals surface area contributed by atoms with Crippen LogP contribution in [0.5, 0.6) is 0 Å². The number of anilines is 2. The minimum absolute atomic E-state index is 0.0981. The Morgan fingerprint density at radius 3 is 2.39 bits per heavy atom. The second-order valence-electron chi connectivity index (χ2n) is 7.63. The molecule has 1 fully saturated rings. The highest BCUT2D eigenvalue weighted by Crippen LogP contribution is 2.21. The van der Waals surface area contributed by atoms with Gasteiger partial charge in [0.15, 0.2) is 0 Å². The monoisotopic (exact) mass is 381 g/mol. The normalized spacial score (nSPS) is 14.4. The third-order valence-corrected chi connectivity index (χ3v) is 5.06. The molecule has 0 radical (unpaired) electrons. The minimum atomic E-state index is -0.0981. The molecule has 0 atom stereocenters. The smallest absolute Gasteiger partial charge is 0.269 e. The molecule has 2 aromatic rings. The van der Waals surface area contributed by atoms with Crippen LogP contribution in [-0.2, 0) is 0 Å². The number of nitrogens with zero attached hydrogens (tertiary/aromatic N) is 4. The molecule has 0 unspecified atom stereocenters. The van der Waals surface area contributed by atoms with Crippen molar-refractivity contribution in [2.24, 2.45) is 0 Å². The molecule has 6 nitrogen and oxygen atoms in total. The summed E-state index contributed by atoms with van der Waals surface area (Å²) in [5.41, 5.74) is 4.13. The van der Waals surface area contributed by atoms with Crippen LogP contribution in [0.4, 0.5) is 11.4 Å². The van der Waals surface area contributed by atoms with Gasteiger partial charge in [0.05, 0.1) is 0 Å². The van der Waals surface area contributed by atoms with Gasteiger partial charge >= 0.3 is 0 Å². The lowest BCUT2D eigenvalue weighted by Gasteiger charge is -2.37. The van der Waals surface area contributed by atoms with E-state index in [1.165, 1.54) is 11.3 Å². The highest BCUT2D eigenvalue weighted by atomic mass is 16.1. The molecule has 0 spiro atoms. The van der Waals surface area contributed by atoms with Crippen LogP contribution in [0.25, 0.3) is 0 Å². The quantitative estimate of drug-likeness (QED) is 0.747. The number of piperazine rings is 1. The average Bonchev–Trinajstić information content (AvgIpc) is 2.71. The summed E-state index contributed by atoms with van der Waals surface area (Å²) >= 11 is 0. The maximum atomic E-state index is 12.4. The fraction of sp³-hybridized carbons (Fsp3) is 0.455. The molecule has 0 bridgehead atoms. The van der Waals surface area contributed by atoms with E-state index in [2.05, 4.69) is 56.2 Å². The van der Waals surface area contributed by atoms with Gasteiger partial charge in [-0.15, -0.1) is 0 Å². The molecule has 1 aromatic heterocycles. The summed E-state index contributed by atoms with van der Waals surface area (Å²) in [7, 11) is 4.07. The fourth-order valence-corrected chi connectivity index (χ4v) is 3.48. The van der Waals surface area contributed by atoms with Gasteiger partial charge in [-0.3, -0.25) is 9.78 Å². The highest BCUT2D eigenvalue weighted by molar-refractivity contribution is 5.93. The van der Waals surface area contributed by atoms with E-state index in [9.17, 15) is 4.79 Å². The Kier molecular flexibility index (Phi) is 6.87. The predicted octanol–water partition coefficient (Wildman–Crippen LogP) is 2.40. The Morgan fingerprint density at radius 2 is 1.75 bits per heavy atom. The number of hydrogen-bond acceptors (Lipinski definition) is 5. The number of carbonyl (C=O) groups excluding carboxylic acids is 1. The van der Waals surface area contributed by atoms with E-state index in [4.69, 9.17) is 0 Å². The van der Waals surface area contributed by atoms with Crippen molar-refractivity contribution in [1.82, 2.24) is 15.2 Å². The number of pyridine rings is 1. The molecule has 150 valence electrons. The van der Waals surface area contributed by atoms with Crippen LogP contribution >= 0.6 is 0 Å². The maximum absolute atomic E-state index is 12.4. The van der Waals surface area contributed by atoms with Crippen molar-refractivity contribution in [2.45, 2.75) is 13.3 Å². The van der Waals surface area contributed by atoms with Crippen LogP contribution in [0, 0.1) is 6.92 Å². The van der Waals surface area contributed by atoms with Crippen molar-refractivity contribution in [3.63, 3.8) is 0 Å². The molecule has 28 heavy (non-hydrogen) atoms. The zero-order valence-electron chi connectivity index (χ0n) is 17.2. The summed E-state index contributed by atoms with van der Waals surface area (Å²) in [6.07, 6.45) is 2.66. The van der Waals surface area contributed by atoms with E-state index in [1.807, 2.05) is 26.2 Å². The number of benzene rings is 1. The van der Waals surface area contributed by atoms with E-state index in [0.29, 0.717) is 12.2 Å². The van der Waals surface area contributed by atoms with Gasteiger partial charge in [0.2, 0.25) is 0 Å². The van der Waals surface area contributed by atoms with Crippen LogP contribution in [0.15, 0.2) is 42.6 Å².